The van der Waals surface area contributed by atoms with E-state index in [1.54, 1.807) is 0 Å². The van der Waals surface area contributed by atoms with Gasteiger partial charge in [-0.3, -0.25) is 4.79 Å². The van der Waals surface area contributed by atoms with Crippen LogP contribution in [0.2, 0.25) is 0 Å². The van der Waals surface area contributed by atoms with Crippen molar-refractivity contribution in [3.8, 4) is 0 Å². The smallest absolute Gasteiger partial charge is 0.255 e. The molecule has 9 heteroatoms. The minimum absolute atomic E-state index is 0.0284. The highest BCUT2D eigenvalue weighted by Crippen LogP contribution is 2.18. The first-order valence-corrected chi connectivity index (χ1v) is 9.28. The molecular weight excluding hydrogens is 369 g/mol. The standard InChI is InChI=1S/C15H13F3N2O3S.C2H6/c1-2-19-24(22,23)14-7-9(3-5-12(14)17)15(21)20-10-4-6-11(16)13(18)8-10;1-2/h3-8,19H,2H2,1H3,(H,20,21);1-2H3. The van der Waals surface area contributed by atoms with Crippen LogP contribution in [0.25, 0.3) is 0 Å². The Balaban J connectivity index is 0.00000163. The summed E-state index contributed by atoms with van der Waals surface area (Å²) >= 11 is 0. The Morgan fingerprint density at radius 1 is 0.962 bits per heavy atom. The van der Waals surface area contributed by atoms with E-state index in [2.05, 4.69) is 10.0 Å². The number of amides is 1. The number of halogens is 3. The molecule has 0 aromatic heterocycles. The van der Waals surface area contributed by atoms with E-state index < -0.39 is 38.3 Å². The van der Waals surface area contributed by atoms with Crippen molar-refractivity contribution in [3.05, 3.63) is 59.4 Å². The maximum atomic E-state index is 13.7. The van der Waals surface area contributed by atoms with Gasteiger partial charge in [0, 0.05) is 23.9 Å². The van der Waals surface area contributed by atoms with Gasteiger partial charge in [0.1, 0.15) is 10.7 Å². The van der Waals surface area contributed by atoms with E-state index in [-0.39, 0.29) is 17.8 Å². The number of benzene rings is 2. The van der Waals surface area contributed by atoms with Crippen LogP contribution in [-0.4, -0.2) is 20.9 Å². The van der Waals surface area contributed by atoms with E-state index in [1.807, 2.05) is 13.8 Å². The van der Waals surface area contributed by atoms with Crippen molar-refractivity contribution >= 4 is 21.6 Å². The summed E-state index contributed by atoms with van der Waals surface area (Å²) in [6.45, 7) is 5.57. The molecule has 0 spiro atoms. The molecule has 0 aliphatic rings. The van der Waals surface area contributed by atoms with Crippen molar-refractivity contribution in [2.45, 2.75) is 25.7 Å². The zero-order valence-electron chi connectivity index (χ0n) is 14.4. The van der Waals surface area contributed by atoms with E-state index >= 15 is 0 Å². The first-order chi connectivity index (χ1) is 12.2. The third-order valence-corrected chi connectivity index (χ3v) is 4.56. The van der Waals surface area contributed by atoms with Gasteiger partial charge in [-0.2, -0.15) is 0 Å². The van der Waals surface area contributed by atoms with Crippen molar-refractivity contribution in [2.75, 3.05) is 11.9 Å². The van der Waals surface area contributed by atoms with Gasteiger partial charge in [-0.15, -0.1) is 0 Å². The van der Waals surface area contributed by atoms with Crippen LogP contribution in [0.3, 0.4) is 0 Å². The van der Waals surface area contributed by atoms with Crippen LogP contribution in [-0.2, 0) is 10.0 Å². The van der Waals surface area contributed by atoms with Crippen LogP contribution < -0.4 is 10.0 Å². The van der Waals surface area contributed by atoms with Crippen molar-refractivity contribution in [1.82, 2.24) is 4.72 Å². The highest BCUT2D eigenvalue weighted by Gasteiger charge is 2.20. The van der Waals surface area contributed by atoms with E-state index in [0.29, 0.717) is 0 Å². The fourth-order valence-corrected chi connectivity index (χ4v) is 3.04. The summed E-state index contributed by atoms with van der Waals surface area (Å²) in [5.74, 6) is -4.04. The highest BCUT2D eigenvalue weighted by molar-refractivity contribution is 7.89. The van der Waals surface area contributed by atoms with Gasteiger partial charge >= 0.3 is 0 Å². The minimum Gasteiger partial charge on any atom is -0.322 e. The van der Waals surface area contributed by atoms with Gasteiger partial charge in [0.25, 0.3) is 5.91 Å². The molecule has 2 aromatic carbocycles. The number of hydrogen-bond donors (Lipinski definition) is 2. The lowest BCUT2D eigenvalue weighted by Crippen LogP contribution is -2.24. The van der Waals surface area contributed by atoms with Crippen molar-refractivity contribution in [1.29, 1.82) is 0 Å². The van der Waals surface area contributed by atoms with Crippen LogP contribution in [0, 0.1) is 17.5 Å². The quantitative estimate of drug-likeness (QED) is 0.821. The third kappa shape index (κ3) is 5.30. The topological polar surface area (TPSA) is 75.3 Å². The van der Waals surface area contributed by atoms with Crippen molar-refractivity contribution in [3.63, 3.8) is 0 Å². The maximum Gasteiger partial charge on any atom is 0.255 e. The lowest BCUT2D eigenvalue weighted by atomic mass is 10.2. The molecule has 0 atom stereocenters. The van der Waals surface area contributed by atoms with Crippen LogP contribution >= 0.6 is 0 Å². The van der Waals surface area contributed by atoms with Crippen molar-refractivity contribution < 1.29 is 26.4 Å². The Morgan fingerprint density at radius 3 is 2.15 bits per heavy atom. The molecule has 26 heavy (non-hydrogen) atoms. The summed E-state index contributed by atoms with van der Waals surface area (Å²) in [5, 5.41) is 2.27. The van der Waals surface area contributed by atoms with Gasteiger partial charge in [-0.1, -0.05) is 20.8 Å². The zero-order valence-corrected chi connectivity index (χ0v) is 15.3. The summed E-state index contributed by atoms with van der Waals surface area (Å²) in [5.41, 5.74) is -0.183. The molecule has 142 valence electrons. The summed E-state index contributed by atoms with van der Waals surface area (Å²) < 4.78 is 65.6. The minimum atomic E-state index is -4.10. The second-order valence-electron chi connectivity index (χ2n) is 4.73. The molecule has 0 fully saturated rings. The van der Waals surface area contributed by atoms with Crippen LogP contribution in [0.15, 0.2) is 41.3 Å². The van der Waals surface area contributed by atoms with Gasteiger partial charge in [-0.05, 0) is 30.3 Å². The molecule has 2 N–H and O–H groups in total. The van der Waals surface area contributed by atoms with E-state index in [0.717, 1.165) is 36.4 Å². The van der Waals surface area contributed by atoms with E-state index in [4.69, 9.17) is 0 Å². The Bertz CT molecular complexity index is 887. The number of rotatable bonds is 5. The summed E-state index contributed by atoms with van der Waals surface area (Å²) in [7, 11) is -4.10. The lowest BCUT2D eigenvalue weighted by Gasteiger charge is -2.09. The van der Waals surface area contributed by atoms with Gasteiger partial charge in [0.15, 0.2) is 11.6 Å². The molecule has 5 nitrogen and oxygen atoms in total. The molecule has 0 unspecified atom stereocenters. The normalized spacial score (nSPS) is 10.7. The molecule has 0 heterocycles. The molecule has 0 aliphatic carbocycles. The molecule has 0 saturated carbocycles. The van der Waals surface area contributed by atoms with Gasteiger partial charge in [-0.25, -0.2) is 26.3 Å². The Hall–Kier alpha value is -2.39. The highest BCUT2D eigenvalue weighted by atomic mass is 32.2. The predicted octanol–water partition coefficient (Wildman–Crippen LogP) is 3.68. The van der Waals surface area contributed by atoms with Gasteiger partial charge in [0.2, 0.25) is 10.0 Å². The number of carbonyl (C=O) groups is 1. The Labute approximate surface area is 150 Å². The number of anilines is 1. The first-order valence-electron chi connectivity index (χ1n) is 7.80. The van der Waals surface area contributed by atoms with Crippen LogP contribution in [0.1, 0.15) is 31.1 Å². The first kappa shape index (κ1) is 21.7. The fraction of sp³-hybridized carbons (Fsp3) is 0.235. The van der Waals surface area contributed by atoms with Crippen molar-refractivity contribution in [2.24, 2.45) is 0 Å². The Morgan fingerprint density at radius 2 is 1.58 bits per heavy atom. The largest absolute Gasteiger partial charge is 0.322 e. The van der Waals surface area contributed by atoms with E-state index in [9.17, 15) is 26.4 Å². The average molecular weight is 388 g/mol. The predicted molar refractivity (Wildman–Crippen MR) is 92.9 cm³/mol. The number of carbonyl (C=O) groups excluding carboxylic acids is 1. The molecular formula is C17H19F3N2O3S. The molecule has 2 rings (SSSR count). The second-order valence-corrected chi connectivity index (χ2v) is 6.46. The average Bonchev–Trinajstić information content (AvgIpc) is 2.60. The summed E-state index contributed by atoms with van der Waals surface area (Å²) in [6, 6.07) is 5.52. The lowest BCUT2D eigenvalue weighted by molar-refractivity contribution is 0.102. The zero-order chi connectivity index (χ0) is 19.9. The van der Waals surface area contributed by atoms with Gasteiger partial charge in [0.05, 0.1) is 0 Å². The van der Waals surface area contributed by atoms with E-state index in [1.165, 1.54) is 6.92 Å². The van der Waals surface area contributed by atoms with Gasteiger partial charge < -0.3 is 5.32 Å². The number of sulfonamides is 1. The maximum absolute atomic E-state index is 13.7. The van der Waals surface area contributed by atoms with Crippen LogP contribution in [0.4, 0.5) is 18.9 Å². The molecule has 0 bridgehead atoms. The number of hydrogen-bond acceptors (Lipinski definition) is 3. The molecule has 0 aliphatic heterocycles. The van der Waals surface area contributed by atoms with Crippen LogP contribution in [0.5, 0.6) is 0 Å². The SMILES string of the molecule is CC.CCNS(=O)(=O)c1cc(C(=O)Nc2ccc(F)c(F)c2)ccc1F. The second kappa shape index (κ2) is 9.35. The fourth-order valence-electron chi connectivity index (χ4n) is 1.90. The molecule has 2 aromatic rings. The molecule has 1 amide bonds. The molecule has 0 saturated heterocycles. The Kier molecular flexibility index (Phi) is 7.78. The summed E-state index contributed by atoms with van der Waals surface area (Å²) in [4.78, 5) is 11.4. The monoisotopic (exact) mass is 388 g/mol. The number of nitrogens with one attached hydrogen (secondary N) is 2. The molecule has 0 radical (unpaired) electrons. The third-order valence-electron chi connectivity index (χ3n) is 2.99. The summed E-state index contributed by atoms with van der Waals surface area (Å²) in [6.07, 6.45) is 0.